The lowest BCUT2D eigenvalue weighted by Gasteiger charge is -2.09. The maximum atomic E-state index is 12.5. The van der Waals surface area contributed by atoms with Gasteiger partial charge < -0.3 is 5.32 Å². The molecule has 0 spiro atoms. The summed E-state index contributed by atoms with van der Waals surface area (Å²) in [5.74, 6) is -0.598. The van der Waals surface area contributed by atoms with Crippen molar-refractivity contribution in [2.75, 3.05) is 5.32 Å². The van der Waals surface area contributed by atoms with Crippen LogP contribution >= 0.6 is 11.6 Å². The van der Waals surface area contributed by atoms with E-state index in [-0.39, 0.29) is 11.2 Å². The van der Waals surface area contributed by atoms with Crippen molar-refractivity contribution >= 4 is 34.2 Å². The van der Waals surface area contributed by atoms with Gasteiger partial charge in [-0.2, -0.15) is 10.1 Å². The summed E-state index contributed by atoms with van der Waals surface area (Å²) >= 11 is 6.06. The van der Waals surface area contributed by atoms with Crippen LogP contribution in [0.1, 0.15) is 30.5 Å². The number of aromatic nitrogens is 4. The van der Waals surface area contributed by atoms with Gasteiger partial charge in [0.15, 0.2) is 5.65 Å². The van der Waals surface area contributed by atoms with Crippen molar-refractivity contribution in [2.45, 2.75) is 25.8 Å². The molecule has 6 nitrogen and oxygen atoms in total. The highest BCUT2D eigenvalue weighted by atomic mass is 35.5. The number of hydrogen-bond donors (Lipinski definition) is 1. The van der Waals surface area contributed by atoms with Crippen molar-refractivity contribution in [1.82, 2.24) is 19.7 Å². The van der Waals surface area contributed by atoms with Crippen LogP contribution in [0.25, 0.3) is 11.0 Å². The standard InChI is InChI=1S/C16H14ClN5O/c1-2-7-22-8-10-13(19-16(17)20-14(10)21-22)12-9-5-3-4-6-11(9)18-15(12)23/h3-6,8,12H,2,7H2,1H3,(H,18,23). The monoisotopic (exact) mass is 327 g/mol. The second-order valence-corrected chi connectivity index (χ2v) is 5.85. The fourth-order valence-corrected chi connectivity index (χ4v) is 3.16. The molecule has 4 rings (SSSR count). The van der Waals surface area contributed by atoms with E-state index >= 15 is 0 Å². The maximum absolute atomic E-state index is 12.5. The van der Waals surface area contributed by atoms with Gasteiger partial charge in [0.1, 0.15) is 5.92 Å². The predicted molar refractivity (Wildman–Crippen MR) is 87.5 cm³/mol. The fourth-order valence-electron chi connectivity index (χ4n) is 2.99. The Labute approximate surface area is 137 Å². The van der Waals surface area contributed by atoms with Crippen LogP contribution in [0.5, 0.6) is 0 Å². The Balaban J connectivity index is 1.93. The number of carbonyl (C=O) groups excluding carboxylic acids is 1. The molecule has 1 amide bonds. The number of hydrogen-bond acceptors (Lipinski definition) is 4. The molecule has 0 radical (unpaired) electrons. The van der Waals surface area contributed by atoms with Gasteiger partial charge in [-0.15, -0.1) is 0 Å². The zero-order chi connectivity index (χ0) is 16.0. The number of aryl methyl sites for hydroxylation is 1. The molecule has 1 aliphatic rings. The zero-order valence-corrected chi connectivity index (χ0v) is 13.2. The average Bonchev–Trinajstić information content (AvgIpc) is 3.06. The molecule has 0 aliphatic carbocycles. The Morgan fingerprint density at radius 2 is 2.13 bits per heavy atom. The van der Waals surface area contributed by atoms with Gasteiger partial charge in [0.25, 0.3) is 0 Å². The van der Waals surface area contributed by atoms with Crippen molar-refractivity contribution in [1.29, 1.82) is 0 Å². The summed E-state index contributed by atoms with van der Waals surface area (Å²) in [5.41, 5.74) is 2.83. The van der Waals surface area contributed by atoms with Crippen molar-refractivity contribution in [2.24, 2.45) is 0 Å². The van der Waals surface area contributed by atoms with Gasteiger partial charge in [-0.05, 0) is 29.7 Å². The summed E-state index contributed by atoms with van der Waals surface area (Å²) in [6.07, 6.45) is 2.84. The van der Waals surface area contributed by atoms with Gasteiger partial charge >= 0.3 is 0 Å². The number of carbonyl (C=O) groups is 1. The fraction of sp³-hybridized carbons (Fsp3) is 0.250. The van der Waals surface area contributed by atoms with Crippen LogP contribution in [0.3, 0.4) is 0 Å². The first kappa shape index (κ1) is 14.1. The Hall–Kier alpha value is -2.47. The lowest BCUT2D eigenvalue weighted by Crippen LogP contribution is -2.15. The summed E-state index contributed by atoms with van der Waals surface area (Å²) in [5, 5.41) is 8.18. The predicted octanol–water partition coefficient (Wildman–Crippen LogP) is 2.97. The second kappa shape index (κ2) is 5.31. The zero-order valence-electron chi connectivity index (χ0n) is 12.5. The van der Waals surface area contributed by atoms with Gasteiger partial charge in [-0.3, -0.25) is 9.48 Å². The Morgan fingerprint density at radius 1 is 1.30 bits per heavy atom. The Kier molecular flexibility index (Phi) is 3.27. The number of halogens is 1. The molecule has 1 aromatic carbocycles. The van der Waals surface area contributed by atoms with E-state index in [4.69, 9.17) is 11.6 Å². The molecule has 1 unspecified atom stereocenters. The van der Waals surface area contributed by atoms with Gasteiger partial charge in [-0.1, -0.05) is 25.1 Å². The summed E-state index contributed by atoms with van der Waals surface area (Å²) in [6.45, 7) is 2.85. The minimum absolute atomic E-state index is 0.103. The van der Waals surface area contributed by atoms with Crippen molar-refractivity contribution in [3.63, 3.8) is 0 Å². The van der Waals surface area contributed by atoms with E-state index in [0.717, 1.165) is 29.6 Å². The summed E-state index contributed by atoms with van der Waals surface area (Å²) in [6, 6.07) is 7.61. The Bertz CT molecular complexity index is 920. The first-order valence-electron chi connectivity index (χ1n) is 7.47. The molecule has 2 aromatic heterocycles. The molecule has 0 bridgehead atoms. The van der Waals surface area contributed by atoms with Crippen LogP contribution in [0.4, 0.5) is 5.69 Å². The van der Waals surface area contributed by atoms with Crippen molar-refractivity contribution < 1.29 is 4.79 Å². The van der Waals surface area contributed by atoms with Crippen LogP contribution in [0.15, 0.2) is 30.5 Å². The van der Waals surface area contributed by atoms with Crippen LogP contribution in [-0.4, -0.2) is 25.7 Å². The summed E-state index contributed by atoms with van der Waals surface area (Å²) < 4.78 is 1.82. The number of nitrogens with one attached hydrogen (secondary N) is 1. The highest BCUT2D eigenvalue weighted by molar-refractivity contribution is 6.28. The van der Waals surface area contributed by atoms with Gasteiger partial charge in [0, 0.05) is 18.4 Å². The molecule has 3 aromatic rings. The third-order valence-electron chi connectivity index (χ3n) is 3.95. The largest absolute Gasteiger partial charge is 0.325 e. The minimum Gasteiger partial charge on any atom is -0.325 e. The lowest BCUT2D eigenvalue weighted by atomic mass is 9.95. The number of rotatable bonds is 3. The number of nitrogens with zero attached hydrogens (tertiary/aromatic N) is 4. The first-order valence-corrected chi connectivity index (χ1v) is 7.85. The van der Waals surface area contributed by atoms with Crippen LogP contribution in [0, 0.1) is 0 Å². The molecule has 1 aliphatic heterocycles. The number of anilines is 1. The summed E-state index contributed by atoms with van der Waals surface area (Å²) in [4.78, 5) is 21.0. The number of para-hydroxylation sites is 1. The van der Waals surface area contributed by atoms with E-state index in [0.29, 0.717) is 11.3 Å². The van der Waals surface area contributed by atoms with Crippen LogP contribution < -0.4 is 5.32 Å². The van der Waals surface area contributed by atoms with Crippen LogP contribution in [0.2, 0.25) is 5.28 Å². The quantitative estimate of drug-likeness (QED) is 0.751. The topological polar surface area (TPSA) is 72.7 Å². The molecule has 1 N–H and O–H groups in total. The molecular formula is C16H14ClN5O. The molecule has 0 saturated heterocycles. The van der Waals surface area contributed by atoms with Gasteiger partial charge in [-0.25, -0.2) is 4.98 Å². The highest BCUT2D eigenvalue weighted by Gasteiger charge is 2.34. The molecular weight excluding hydrogens is 314 g/mol. The van der Waals surface area contributed by atoms with E-state index in [2.05, 4.69) is 27.3 Å². The van der Waals surface area contributed by atoms with Gasteiger partial charge in [0.05, 0.1) is 11.1 Å². The second-order valence-electron chi connectivity index (χ2n) is 5.52. The number of fused-ring (bicyclic) bond motifs is 2. The van der Waals surface area contributed by atoms with Crippen molar-refractivity contribution in [3.05, 3.63) is 47.0 Å². The molecule has 3 heterocycles. The first-order chi connectivity index (χ1) is 11.2. The highest BCUT2D eigenvalue weighted by Crippen LogP contribution is 2.38. The average molecular weight is 328 g/mol. The Morgan fingerprint density at radius 3 is 2.96 bits per heavy atom. The lowest BCUT2D eigenvalue weighted by molar-refractivity contribution is -0.116. The maximum Gasteiger partial charge on any atom is 0.238 e. The molecule has 0 saturated carbocycles. The van der Waals surface area contributed by atoms with E-state index in [1.807, 2.05) is 35.1 Å². The molecule has 0 fully saturated rings. The SMILES string of the molecule is CCCn1cc2c(C3C(=O)Nc4ccccc43)nc(Cl)nc2n1. The number of benzene rings is 1. The van der Waals surface area contributed by atoms with Gasteiger partial charge in [0.2, 0.25) is 11.2 Å². The van der Waals surface area contributed by atoms with Crippen molar-refractivity contribution in [3.8, 4) is 0 Å². The van der Waals surface area contributed by atoms with E-state index in [1.54, 1.807) is 0 Å². The summed E-state index contributed by atoms with van der Waals surface area (Å²) in [7, 11) is 0. The van der Waals surface area contributed by atoms with E-state index in [1.165, 1.54) is 0 Å². The third-order valence-corrected chi connectivity index (χ3v) is 4.12. The normalized spacial score (nSPS) is 16.6. The number of amides is 1. The van der Waals surface area contributed by atoms with Crippen LogP contribution in [-0.2, 0) is 11.3 Å². The molecule has 116 valence electrons. The minimum atomic E-state index is -0.492. The van der Waals surface area contributed by atoms with E-state index < -0.39 is 5.92 Å². The third kappa shape index (κ3) is 2.26. The van der Waals surface area contributed by atoms with E-state index in [9.17, 15) is 4.79 Å². The molecule has 7 heteroatoms. The molecule has 23 heavy (non-hydrogen) atoms. The molecule has 1 atom stereocenters. The smallest absolute Gasteiger partial charge is 0.238 e.